The number of carboxylic acid groups (broad SMARTS) is 1. The Kier molecular flexibility index (Phi) is 4.43. The van der Waals surface area contributed by atoms with Crippen LogP contribution < -0.4 is 0 Å². The van der Waals surface area contributed by atoms with Gasteiger partial charge in [0.1, 0.15) is 0 Å². The van der Waals surface area contributed by atoms with Crippen molar-refractivity contribution in [2.24, 2.45) is 0 Å². The maximum atomic E-state index is 10.5. The van der Waals surface area contributed by atoms with Gasteiger partial charge in [0, 0.05) is 16.2 Å². The molecule has 1 N–H and O–H groups in total. The van der Waals surface area contributed by atoms with Crippen molar-refractivity contribution in [3.05, 3.63) is 41.5 Å². The predicted molar refractivity (Wildman–Crippen MR) is 63.3 cm³/mol. The van der Waals surface area contributed by atoms with E-state index in [1.807, 2.05) is 25.1 Å². The fourth-order valence-electron chi connectivity index (χ4n) is 1.06. The van der Waals surface area contributed by atoms with Crippen molar-refractivity contribution >= 4 is 17.7 Å². The van der Waals surface area contributed by atoms with Gasteiger partial charge in [-0.25, -0.2) is 4.79 Å². The van der Waals surface area contributed by atoms with E-state index in [0.717, 1.165) is 0 Å². The van der Waals surface area contributed by atoms with E-state index < -0.39 is 5.97 Å². The quantitative estimate of drug-likeness (QED) is 0.628. The standard InChI is InChI=1S/C12H14O2S/c1-9-4-3-5-11(8-9)15-7-6-10(2)12(13)14/h3-6,8H,7H2,1-2H3,(H,13,14). The lowest BCUT2D eigenvalue weighted by molar-refractivity contribution is -0.132. The average Bonchev–Trinajstić information content (AvgIpc) is 2.17. The molecule has 0 aromatic heterocycles. The van der Waals surface area contributed by atoms with E-state index in [0.29, 0.717) is 11.3 Å². The summed E-state index contributed by atoms with van der Waals surface area (Å²) in [4.78, 5) is 11.7. The molecule has 80 valence electrons. The van der Waals surface area contributed by atoms with Crippen molar-refractivity contribution in [3.63, 3.8) is 0 Å². The zero-order chi connectivity index (χ0) is 11.3. The summed E-state index contributed by atoms with van der Waals surface area (Å²) in [5, 5.41) is 8.65. The van der Waals surface area contributed by atoms with Crippen LogP contribution in [0.15, 0.2) is 40.8 Å². The summed E-state index contributed by atoms with van der Waals surface area (Å²) in [5.41, 5.74) is 1.62. The minimum Gasteiger partial charge on any atom is -0.478 e. The Bertz CT molecular complexity index is 383. The van der Waals surface area contributed by atoms with Crippen molar-refractivity contribution in [3.8, 4) is 0 Å². The number of rotatable bonds is 4. The molecule has 2 nitrogen and oxygen atoms in total. The highest BCUT2D eigenvalue weighted by atomic mass is 32.2. The fraction of sp³-hybridized carbons (Fsp3) is 0.250. The predicted octanol–water partition coefficient (Wildman–Crippen LogP) is 3.12. The SMILES string of the molecule is CC(=CCSc1cccc(C)c1)C(=O)O. The molecule has 0 fully saturated rings. The summed E-state index contributed by atoms with van der Waals surface area (Å²) in [6.45, 7) is 3.65. The van der Waals surface area contributed by atoms with E-state index in [2.05, 4.69) is 6.07 Å². The van der Waals surface area contributed by atoms with Crippen LogP contribution in [-0.2, 0) is 4.79 Å². The van der Waals surface area contributed by atoms with Gasteiger partial charge in [0.05, 0.1) is 0 Å². The van der Waals surface area contributed by atoms with Gasteiger partial charge in [-0.15, -0.1) is 11.8 Å². The van der Waals surface area contributed by atoms with Gasteiger partial charge in [-0.1, -0.05) is 23.8 Å². The first-order chi connectivity index (χ1) is 7.09. The smallest absolute Gasteiger partial charge is 0.330 e. The minimum atomic E-state index is -0.847. The Morgan fingerprint density at radius 2 is 2.27 bits per heavy atom. The number of aryl methyl sites for hydroxylation is 1. The molecular weight excluding hydrogens is 208 g/mol. The largest absolute Gasteiger partial charge is 0.478 e. The third-order valence-electron chi connectivity index (χ3n) is 1.97. The van der Waals surface area contributed by atoms with Crippen LogP contribution in [0.25, 0.3) is 0 Å². The van der Waals surface area contributed by atoms with Crippen molar-refractivity contribution < 1.29 is 9.90 Å². The Morgan fingerprint density at radius 1 is 1.53 bits per heavy atom. The molecule has 0 aliphatic heterocycles. The van der Waals surface area contributed by atoms with Crippen LogP contribution in [0, 0.1) is 6.92 Å². The molecule has 0 bridgehead atoms. The summed E-state index contributed by atoms with van der Waals surface area (Å²) >= 11 is 1.64. The molecule has 0 aliphatic carbocycles. The molecule has 0 spiro atoms. The zero-order valence-electron chi connectivity index (χ0n) is 8.86. The fourth-order valence-corrected chi connectivity index (χ4v) is 2.03. The second-order valence-electron chi connectivity index (χ2n) is 3.32. The van der Waals surface area contributed by atoms with E-state index in [1.54, 1.807) is 24.8 Å². The van der Waals surface area contributed by atoms with Gasteiger partial charge in [-0.3, -0.25) is 0 Å². The lowest BCUT2D eigenvalue weighted by Crippen LogP contribution is -1.96. The summed E-state index contributed by atoms with van der Waals surface area (Å²) in [6.07, 6.45) is 1.73. The minimum absolute atomic E-state index is 0.398. The summed E-state index contributed by atoms with van der Waals surface area (Å²) < 4.78 is 0. The molecule has 15 heavy (non-hydrogen) atoms. The number of carbonyl (C=O) groups is 1. The lowest BCUT2D eigenvalue weighted by Gasteiger charge is -1.99. The van der Waals surface area contributed by atoms with Crippen molar-refractivity contribution in [1.82, 2.24) is 0 Å². The van der Waals surface area contributed by atoms with Crippen LogP contribution in [0.5, 0.6) is 0 Å². The Hall–Kier alpha value is -1.22. The van der Waals surface area contributed by atoms with E-state index >= 15 is 0 Å². The highest BCUT2D eigenvalue weighted by molar-refractivity contribution is 7.99. The average molecular weight is 222 g/mol. The molecule has 0 saturated heterocycles. The first kappa shape index (κ1) is 11.9. The van der Waals surface area contributed by atoms with Gasteiger partial charge in [-0.05, 0) is 26.0 Å². The van der Waals surface area contributed by atoms with E-state index in [1.165, 1.54) is 10.5 Å². The van der Waals surface area contributed by atoms with Gasteiger partial charge >= 0.3 is 5.97 Å². The molecular formula is C12H14O2S. The van der Waals surface area contributed by atoms with E-state index in [-0.39, 0.29) is 0 Å². The Morgan fingerprint density at radius 3 is 2.87 bits per heavy atom. The maximum Gasteiger partial charge on any atom is 0.330 e. The highest BCUT2D eigenvalue weighted by Crippen LogP contribution is 2.19. The molecule has 0 radical (unpaired) electrons. The summed E-state index contributed by atoms with van der Waals surface area (Å²) in [7, 11) is 0. The second kappa shape index (κ2) is 5.61. The number of benzene rings is 1. The van der Waals surface area contributed by atoms with Gasteiger partial charge in [0.15, 0.2) is 0 Å². The third kappa shape index (κ3) is 4.21. The van der Waals surface area contributed by atoms with Crippen LogP contribution in [0.1, 0.15) is 12.5 Å². The normalized spacial score (nSPS) is 11.5. The van der Waals surface area contributed by atoms with Gasteiger partial charge in [0.25, 0.3) is 0 Å². The van der Waals surface area contributed by atoms with Crippen molar-refractivity contribution in [2.75, 3.05) is 5.75 Å². The molecule has 0 unspecified atom stereocenters. The molecule has 0 heterocycles. The van der Waals surface area contributed by atoms with E-state index in [4.69, 9.17) is 5.11 Å². The molecule has 1 aromatic carbocycles. The van der Waals surface area contributed by atoms with Crippen molar-refractivity contribution in [2.45, 2.75) is 18.7 Å². The second-order valence-corrected chi connectivity index (χ2v) is 4.41. The zero-order valence-corrected chi connectivity index (χ0v) is 9.67. The van der Waals surface area contributed by atoms with Gasteiger partial charge in [0.2, 0.25) is 0 Å². The number of aliphatic carboxylic acids is 1. The monoisotopic (exact) mass is 222 g/mol. The first-order valence-electron chi connectivity index (χ1n) is 4.69. The summed E-state index contributed by atoms with van der Waals surface area (Å²) in [5.74, 6) is -0.151. The Balaban J connectivity index is 2.51. The third-order valence-corrected chi connectivity index (χ3v) is 2.89. The van der Waals surface area contributed by atoms with Gasteiger partial charge < -0.3 is 5.11 Å². The lowest BCUT2D eigenvalue weighted by atomic mass is 10.2. The molecule has 3 heteroatoms. The van der Waals surface area contributed by atoms with Gasteiger partial charge in [-0.2, -0.15) is 0 Å². The molecule has 0 saturated carbocycles. The number of carboxylic acids is 1. The first-order valence-corrected chi connectivity index (χ1v) is 5.67. The van der Waals surface area contributed by atoms with E-state index in [9.17, 15) is 4.79 Å². The number of thioether (sulfide) groups is 1. The molecule has 1 rings (SSSR count). The molecule has 0 atom stereocenters. The van der Waals surface area contributed by atoms with Crippen LogP contribution in [0.3, 0.4) is 0 Å². The molecule has 1 aromatic rings. The molecule has 0 amide bonds. The van der Waals surface area contributed by atoms with Crippen molar-refractivity contribution in [1.29, 1.82) is 0 Å². The molecule has 0 aliphatic rings. The number of hydrogen-bond donors (Lipinski definition) is 1. The van der Waals surface area contributed by atoms with Crippen LogP contribution in [0.2, 0.25) is 0 Å². The van der Waals surface area contributed by atoms with Crippen LogP contribution >= 0.6 is 11.8 Å². The number of hydrogen-bond acceptors (Lipinski definition) is 2. The topological polar surface area (TPSA) is 37.3 Å². The van der Waals surface area contributed by atoms with Crippen LogP contribution in [-0.4, -0.2) is 16.8 Å². The van der Waals surface area contributed by atoms with Crippen LogP contribution in [0.4, 0.5) is 0 Å². The summed E-state index contributed by atoms with van der Waals surface area (Å²) in [6, 6.07) is 8.17. The Labute approximate surface area is 94.0 Å². The highest BCUT2D eigenvalue weighted by Gasteiger charge is 1.98. The maximum absolute atomic E-state index is 10.5.